The zero-order valence-electron chi connectivity index (χ0n) is 9.75. The van der Waals surface area contributed by atoms with E-state index in [2.05, 4.69) is 10.2 Å². The number of nitrogens with zero attached hydrogens (tertiary/aromatic N) is 1. The maximum atomic E-state index is 11.2. The highest BCUT2D eigenvalue weighted by Crippen LogP contribution is 1.99. The molecule has 0 fully saturated rings. The fourth-order valence-corrected chi connectivity index (χ4v) is 1.30. The van der Waals surface area contributed by atoms with Crippen LogP contribution in [0, 0.1) is 5.92 Å². The first-order chi connectivity index (χ1) is 6.97. The Hall–Kier alpha value is -0.680. The van der Waals surface area contributed by atoms with Crippen molar-refractivity contribution in [3.8, 4) is 0 Å². The van der Waals surface area contributed by atoms with E-state index in [9.17, 15) is 4.79 Å². The molecule has 1 unspecified atom stereocenters. The molecule has 3 N–H and O–H groups in total. The highest BCUT2D eigenvalue weighted by Gasteiger charge is 2.09. The van der Waals surface area contributed by atoms with Crippen molar-refractivity contribution >= 4 is 23.1 Å². The fourth-order valence-electron chi connectivity index (χ4n) is 1.23. The first-order valence-electron chi connectivity index (χ1n) is 5.22. The molecule has 0 saturated heterocycles. The van der Waals surface area contributed by atoms with E-state index in [1.54, 1.807) is 0 Å². The molecule has 0 aromatic heterocycles. The van der Waals surface area contributed by atoms with Gasteiger partial charge in [-0.2, -0.15) is 0 Å². The van der Waals surface area contributed by atoms with Crippen LogP contribution in [0.5, 0.6) is 0 Å². The molecule has 15 heavy (non-hydrogen) atoms. The molecule has 0 aromatic rings. The van der Waals surface area contributed by atoms with Crippen molar-refractivity contribution < 1.29 is 4.79 Å². The van der Waals surface area contributed by atoms with Crippen molar-refractivity contribution in [2.75, 3.05) is 26.7 Å². The summed E-state index contributed by atoms with van der Waals surface area (Å²) >= 11 is 4.89. The Bertz CT molecular complexity index is 221. The lowest BCUT2D eigenvalue weighted by Crippen LogP contribution is -2.34. The summed E-state index contributed by atoms with van der Waals surface area (Å²) < 4.78 is 0. The SMILES string of the molecule is CCNC(=O)CCN(C)CC(C)C(N)=S. The molecule has 4 nitrogen and oxygen atoms in total. The maximum absolute atomic E-state index is 11.2. The summed E-state index contributed by atoms with van der Waals surface area (Å²) in [5.41, 5.74) is 5.51. The number of amides is 1. The molecular formula is C10H21N3OS. The molecule has 0 aliphatic heterocycles. The van der Waals surface area contributed by atoms with Crippen molar-refractivity contribution in [3.63, 3.8) is 0 Å². The highest BCUT2D eigenvalue weighted by molar-refractivity contribution is 7.80. The van der Waals surface area contributed by atoms with Crippen molar-refractivity contribution in [2.24, 2.45) is 11.7 Å². The minimum Gasteiger partial charge on any atom is -0.393 e. The van der Waals surface area contributed by atoms with Crippen LogP contribution in [0.25, 0.3) is 0 Å². The minimum atomic E-state index is 0.0901. The quantitative estimate of drug-likeness (QED) is 0.621. The average molecular weight is 231 g/mol. The molecule has 5 heteroatoms. The van der Waals surface area contributed by atoms with Gasteiger partial charge in [0.1, 0.15) is 0 Å². The van der Waals surface area contributed by atoms with Crippen LogP contribution in [-0.2, 0) is 4.79 Å². The van der Waals surface area contributed by atoms with Gasteiger partial charge in [0.25, 0.3) is 0 Å². The predicted octanol–water partition coefficient (Wildman–Crippen LogP) is 0.367. The molecule has 0 spiro atoms. The van der Waals surface area contributed by atoms with Crippen molar-refractivity contribution in [1.29, 1.82) is 0 Å². The third kappa shape index (κ3) is 7.27. The summed E-state index contributed by atoms with van der Waals surface area (Å²) in [5, 5.41) is 2.76. The number of thiocarbonyl (C=S) groups is 1. The zero-order valence-corrected chi connectivity index (χ0v) is 10.6. The molecule has 0 bridgehead atoms. The number of nitrogens with two attached hydrogens (primary N) is 1. The molecule has 0 radical (unpaired) electrons. The van der Waals surface area contributed by atoms with E-state index >= 15 is 0 Å². The Balaban J connectivity index is 3.70. The third-order valence-electron chi connectivity index (χ3n) is 2.17. The van der Waals surface area contributed by atoms with Crippen molar-refractivity contribution in [2.45, 2.75) is 20.3 Å². The molecule has 0 saturated carbocycles. The van der Waals surface area contributed by atoms with E-state index in [0.29, 0.717) is 18.0 Å². The van der Waals surface area contributed by atoms with E-state index in [1.807, 2.05) is 20.9 Å². The second-order valence-corrected chi connectivity index (χ2v) is 4.24. The molecule has 0 rings (SSSR count). The number of nitrogens with one attached hydrogen (secondary N) is 1. The summed E-state index contributed by atoms with van der Waals surface area (Å²) in [6.07, 6.45) is 0.522. The van der Waals surface area contributed by atoms with Gasteiger partial charge in [-0.15, -0.1) is 0 Å². The zero-order chi connectivity index (χ0) is 11.8. The molecule has 0 aromatic carbocycles. The Morgan fingerprint density at radius 2 is 2.20 bits per heavy atom. The van der Waals surface area contributed by atoms with Gasteiger partial charge in [0.15, 0.2) is 0 Å². The Kier molecular flexibility index (Phi) is 7.25. The van der Waals surface area contributed by atoms with Gasteiger partial charge in [-0.25, -0.2) is 0 Å². The second-order valence-electron chi connectivity index (χ2n) is 3.77. The smallest absolute Gasteiger partial charge is 0.221 e. The number of hydrogen-bond acceptors (Lipinski definition) is 3. The van der Waals surface area contributed by atoms with Crippen LogP contribution in [-0.4, -0.2) is 42.5 Å². The summed E-state index contributed by atoms with van der Waals surface area (Å²) in [6, 6.07) is 0. The van der Waals surface area contributed by atoms with Gasteiger partial charge in [0.05, 0.1) is 4.99 Å². The molecule has 0 aliphatic carbocycles. The van der Waals surface area contributed by atoms with Crippen molar-refractivity contribution in [3.05, 3.63) is 0 Å². The number of carbonyl (C=O) groups excluding carboxylic acids is 1. The summed E-state index contributed by atoms with van der Waals surface area (Å²) in [5.74, 6) is 0.284. The maximum Gasteiger partial charge on any atom is 0.221 e. The lowest BCUT2D eigenvalue weighted by molar-refractivity contribution is -0.121. The summed E-state index contributed by atoms with van der Waals surface area (Å²) in [6.45, 7) is 6.13. The number of carbonyl (C=O) groups is 1. The van der Waals surface area contributed by atoms with Gasteiger partial charge in [0.2, 0.25) is 5.91 Å². The first kappa shape index (κ1) is 14.3. The largest absolute Gasteiger partial charge is 0.393 e. The molecule has 0 heterocycles. The van der Waals surface area contributed by atoms with Crippen LogP contribution in [0.1, 0.15) is 20.3 Å². The van der Waals surface area contributed by atoms with Crippen LogP contribution in [0.2, 0.25) is 0 Å². The third-order valence-corrected chi connectivity index (χ3v) is 2.57. The average Bonchev–Trinajstić information content (AvgIpc) is 2.15. The normalized spacial score (nSPS) is 12.5. The van der Waals surface area contributed by atoms with Gasteiger partial charge in [-0.1, -0.05) is 19.1 Å². The number of rotatable bonds is 7. The van der Waals surface area contributed by atoms with Crippen LogP contribution in [0.15, 0.2) is 0 Å². The van der Waals surface area contributed by atoms with Gasteiger partial charge in [-0.3, -0.25) is 4.79 Å². The van der Waals surface area contributed by atoms with Gasteiger partial charge in [0, 0.05) is 32.0 Å². The van der Waals surface area contributed by atoms with E-state index in [1.165, 1.54) is 0 Å². The van der Waals surface area contributed by atoms with Gasteiger partial charge >= 0.3 is 0 Å². The van der Waals surface area contributed by atoms with Crippen LogP contribution in [0.4, 0.5) is 0 Å². The summed E-state index contributed by atoms with van der Waals surface area (Å²) in [4.78, 5) is 13.8. The molecule has 1 amide bonds. The molecule has 1 atom stereocenters. The Morgan fingerprint density at radius 1 is 1.60 bits per heavy atom. The lowest BCUT2D eigenvalue weighted by Gasteiger charge is -2.20. The number of hydrogen-bond donors (Lipinski definition) is 2. The van der Waals surface area contributed by atoms with E-state index in [-0.39, 0.29) is 11.8 Å². The van der Waals surface area contributed by atoms with Crippen LogP contribution >= 0.6 is 12.2 Å². The molecule has 0 aliphatic rings. The van der Waals surface area contributed by atoms with E-state index in [0.717, 1.165) is 13.1 Å². The minimum absolute atomic E-state index is 0.0901. The van der Waals surface area contributed by atoms with Crippen LogP contribution < -0.4 is 11.1 Å². The molecular weight excluding hydrogens is 210 g/mol. The van der Waals surface area contributed by atoms with E-state index < -0.39 is 0 Å². The summed E-state index contributed by atoms with van der Waals surface area (Å²) in [7, 11) is 1.97. The van der Waals surface area contributed by atoms with Gasteiger partial charge < -0.3 is 16.0 Å². The Morgan fingerprint density at radius 3 is 2.67 bits per heavy atom. The lowest BCUT2D eigenvalue weighted by atomic mass is 10.1. The Labute approximate surface area is 97.2 Å². The fraction of sp³-hybridized carbons (Fsp3) is 0.800. The van der Waals surface area contributed by atoms with Crippen molar-refractivity contribution in [1.82, 2.24) is 10.2 Å². The first-order valence-corrected chi connectivity index (χ1v) is 5.62. The van der Waals surface area contributed by atoms with Gasteiger partial charge in [-0.05, 0) is 14.0 Å². The van der Waals surface area contributed by atoms with Crippen LogP contribution in [0.3, 0.4) is 0 Å². The monoisotopic (exact) mass is 231 g/mol. The molecule has 88 valence electrons. The second kappa shape index (κ2) is 7.59. The predicted molar refractivity (Wildman–Crippen MR) is 66.7 cm³/mol. The topological polar surface area (TPSA) is 58.4 Å². The highest BCUT2D eigenvalue weighted by atomic mass is 32.1. The standard InChI is InChI=1S/C10H21N3OS/c1-4-12-9(14)5-6-13(3)7-8(2)10(11)15/h8H,4-7H2,1-3H3,(H2,11,15)(H,12,14). The van der Waals surface area contributed by atoms with E-state index in [4.69, 9.17) is 18.0 Å².